The Bertz CT molecular complexity index is 1160. The number of benzene rings is 3. The molecule has 162 valence electrons. The lowest BCUT2D eigenvalue weighted by Gasteiger charge is -2.11. The maximum Gasteiger partial charge on any atom is 0.244 e. The van der Waals surface area contributed by atoms with Crippen molar-refractivity contribution < 1.29 is 14.3 Å². The Kier molecular flexibility index (Phi) is 7.60. The van der Waals surface area contributed by atoms with Gasteiger partial charge in [-0.25, -0.2) is 5.43 Å². The van der Waals surface area contributed by atoms with Gasteiger partial charge in [-0.2, -0.15) is 10.4 Å². The molecule has 0 spiro atoms. The number of nitriles is 1. The van der Waals surface area contributed by atoms with Gasteiger partial charge in [-0.15, -0.1) is 0 Å². The van der Waals surface area contributed by atoms with Crippen molar-refractivity contribution in [2.24, 2.45) is 5.10 Å². The molecule has 0 saturated heterocycles. The number of aryl methyl sites for hydroxylation is 2. The molecule has 6 nitrogen and oxygen atoms in total. The molecule has 0 bridgehead atoms. The summed E-state index contributed by atoms with van der Waals surface area (Å²) < 4.78 is 11.3. The van der Waals surface area contributed by atoms with Gasteiger partial charge in [-0.05, 0) is 66.4 Å². The zero-order valence-corrected chi connectivity index (χ0v) is 18.4. The summed E-state index contributed by atoms with van der Waals surface area (Å²) in [4.78, 5) is 12.2. The predicted molar refractivity (Wildman–Crippen MR) is 124 cm³/mol. The van der Waals surface area contributed by atoms with Crippen molar-refractivity contribution >= 4 is 12.1 Å². The fourth-order valence-electron chi connectivity index (χ4n) is 3.16. The third-order valence-corrected chi connectivity index (χ3v) is 4.92. The maximum absolute atomic E-state index is 12.2. The molecule has 0 aliphatic carbocycles. The Balaban J connectivity index is 1.57. The summed E-state index contributed by atoms with van der Waals surface area (Å²) in [7, 11) is 1.57. The Hall–Kier alpha value is -4.11. The normalized spacial score (nSPS) is 10.6. The first kappa shape index (κ1) is 22.6. The average Bonchev–Trinajstić information content (AvgIpc) is 2.80. The average molecular weight is 428 g/mol. The number of carbonyl (C=O) groups is 1. The minimum atomic E-state index is -0.178. The van der Waals surface area contributed by atoms with E-state index in [4.69, 9.17) is 14.7 Å². The molecule has 0 saturated carbocycles. The van der Waals surface area contributed by atoms with Crippen molar-refractivity contribution in [2.75, 3.05) is 7.11 Å². The van der Waals surface area contributed by atoms with Crippen molar-refractivity contribution in [3.05, 3.63) is 94.0 Å². The van der Waals surface area contributed by atoms with E-state index in [0.717, 1.165) is 22.3 Å². The molecule has 1 N–H and O–H groups in total. The van der Waals surface area contributed by atoms with Gasteiger partial charge in [0.1, 0.15) is 6.61 Å². The minimum absolute atomic E-state index is 0.178. The van der Waals surface area contributed by atoms with E-state index in [0.29, 0.717) is 23.7 Å². The number of nitrogens with zero attached hydrogens (tertiary/aromatic N) is 2. The van der Waals surface area contributed by atoms with Gasteiger partial charge >= 0.3 is 0 Å². The highest BCUT2D eigenvalue weighted by atomic mass is 16.5. The summed E-state index contributed by atoms with van der Waals surface area (Å²) in [6.45, 7) is 4.37. The van der Waals surface area contributed by atoms with Crippen LogP contribution in [-0.4, -0.2) is 19.2 Å². The topological polar surface area (TPSA) is 83.7 Å². The van der Waals surface area contributed by atoms with Gasteiger partial charge in [0.05, 0.1) is 31.4 Å². The molecule has 0 aliphatic rings. The number of rotatable bonds is 8. The van der Waals surface area contributed by atoms with E-state index >= 15 is 0 Å². The van der Waals surface area contributed by atoms with Crippen LogP contribution >= 0.6 is 0 Å². The first-order chi connectivity index (χ1) is 15.5. The second-order valence-electron chi connectivity index (χ2n) is 7.41. The smallest absolute Gasteiger partial charge is 0.244 e. The summed E-state index contributed by atoms with van der Waals surface area (Å²) in [5.41, 5.74) is 8.12. The highest BCUT2D eigenvalue weighted by molar-refractivity contribution is 5.84. The molecule has 32 heavy (non-hydrogen) atoms. The molecule has 0 unspecified atom stereocenters. The van der Waals surface area contributed by atoms with E-state index in [2.05, 4.69) is 22.7 Å². The van der Waals surface area contributed by atoms with E-state index in [-0.39, 0.29) is 12.3 Å². The van der Waals surface area contributed by atoms with Crippen LogP contribution in [-0.2, 0) is 17.8 Å². The van der Waals surface area contributed by atoms with Crippen molar-refractivity contribution in [2.45, 2.75) is 26.9 Å². The van der Waals surface area contributed by atoms with Gasteiger partial charge in [-0.3, -0.25) is 4.79 Å². The fraction of sp³-hybridized carbons (Fsp3) is 0.192. The zero-order chi connectivity index (χ0) is 22.9. The number of amides is 1. The standard InChI is InChI=1S/C26H25N3O3/c1-18-4-10-23(19(2)12-18)14-26(30)29-28-16-22-9-11-24(25(13-22)31-3)32-17-21-7-5-20(15-27)6-8-21/h4-13,16H,14,17H2,1-3H3,(H,29,30)/b28-16+. The SMILES string of the molecule is COc1cc(/C=N/NC(=O)Cc2ccc(C)cc2C)ccc1OCc1ccc(C#N)cc1. The lowest BCUT2D eigenvalue weighted by molar-refractivity contribution is -0.120. The molecule has 6 heteroatoms. The van der Waals surface area contributed by atoms with Gasteiger partial charge in [0.15, 0.2) is 11.5 Å². The van der Waals surface area contributed by atoms with Gasteiger partial charge in [0, 0.05) is 0 Å². The van der Waals surface area contributed by atoms with Crippen molar-refractivity contribution in [3.8, 4) is 17.6 Å². The summed E-state index contributed by atoms with van der Waals surface area (Å²) in [5.74, 6) is 0.972. The molecule has 0 aromatic heterocycles. The molecule has 0 radical (unpaired) electrons. The molecule has 3 aromatic rings. The summed E-state index contributed by atoms with van der Waals surface area (Å²) >= 11 is 0. The van der Waals surface area contributed by atoms with Crippen LogP contribution in [0.4, 0.5) is 0 Å². The molecular formula is C26H25N3O3. The number of hydrogen-bond donors (Lipinski definition) is 1. The van der Waals surface area contributed by atoms with E-state index in [9.17, 15) is 4.79 Å². The summed E-state index contributed by atoms with van der Waals surface area (Å²) in [5, 5.41) is 12.9. The monoisotopic (exact) mass is 427 g/mol. The number of nitrogens with one attached hydrogen (secondary N) is 1. The lowest BCUT2D eigenvalue weighted by Crippen LogP contribution is -2.20. The van der Waals surface area contributed by atoms with E-state index < -0.39 is 0 Å². The van der Waals surface area contributed by atoms with Gasteiger partial charge in [0.25, 0.3) is 0 Å². The van der Waals surface area contributed by atoms with Crippen LogP contribution in [0, 0.1) is 25.2 Å². The van der Waals surface area contributed by atoms with Crippen LogP contribution in [0.15, 0.2) is 65.8 Å². The van der Waals surface area contributed by atoms with Crippen molar-refractivity contribution in [1.82, 2.24) is 5.43 Å². The maximum atomic E-state index is 12.2. The Labute approximate surface area is 188 Å². The fourth-order valence-corrected chi connectivity index (χ4v) is 3.16. The molecule has 0 aliphatic heterocycles. The van der Waals surface area contributed by atoms with E-state index in [1.165, 1.54) is 5.56 Å². The quantitative estimate of drug-likeness (QED) is 0.425. The first-order valence-corrected chi connectivity index (χ1v) is 10.2. The van der Waals surface area contributed by atoms with Crippen molar-refractivity contribution in [1.29, 1.82) is 5.26 Å². The molecular weight excluding hydrogens is 402 g/mol. The predicted octanol–water partition coefficient (Wildman–Crippen LogP) is 4.46. The zero-order valence-electron chi connectivity index (χ0n) is 18.4. The van der Waals surface area contributed by atoms with Gasteiger partial charge in [-0.1, -0.05) is 35.9 Å². The number of methoxy groups -OCH3 is 1. The van der Waals surface area contributed by atoms with Crippen LogP contribution in [0.25, 0.3) is 0 Å². The second-order valence-corrected chi connectivity index (χ2v) is 7.41. The Morgan fingerprint density at radius 2 is 1.84 bits per heavy atom. The molecule has 1 amide bonds. The molecule has 0 atom stereocenters. The van der Waals surface area contributed by atoms with Gasteiger partial charge in [0.2, 0.25) is 5.91 Å². The van der Waals surface area contributed by atoms with E-state index in [1.54, 1.807) is 37.6 Å². The molecule has 0 heterocycles. The molecule has 0 fully saturated rings. The third kappa shape index (κ3) is 6.19. The van der Waals surface area contributed by atoms with Crippen LogP contribution in [0.2, 0.25) is 0 Å². The highest BCUT2D eigenvalue weighted by Crippen LogP contribution is 2.28. The van der Waals surface area contributed by atoms with E-state index in [1.807, 2.05) is 44.2 Å². The van der Waals surface area contributed by atoms with Crippen LogP contribution < -0.4 is 14.9 Å². The number of hydrogen-bond acceptors (Lipinski definition) is 5. The van der Waals surface area contributed by atoms with Gasteiger partial charge < -0.3 is 9.47 Å². The summed E-state index contributed by atoms with van der Waals surface area (Å²) in [6, 6.07) is 20.7. The van der Waals surface area contributed by atoms with Crippen LogP contribution in [0.5, 0.6) is 11.5 Å². The molecule has 3 aromatic carbocycles. The highest BCUT2D eigenvalue weighted by Gasteiger charge is 2.07. The second kappa shape index (κ2) is 10.8. The summed E-state index contributed by atoms with van der Waals surface area (Å²) in [6.07, 6.45) is 1.84. The largest absolute Gasteiger partial charge is 0.493 e. The van der Waals surface area contributed by atoms with Crippen LogP contribution in [0.3, 0.4) is 0 Å². The molecule has 3 rings (SSSR count). The van der Waals surface area contributed by atoms with Crippen molar-refractivity contribution in [3.63, 3.8) is 0 Å². The first-order valence-electron chi connectivity index (χ1n) is 10.2. The number of carbonyl (C=O) groups excluding carboxylic acids is 1. The lowest BCUT2D eigenvalue weighted by atomic mass is 10.0. The Morgan fingerprint density at radius 1 is 1.06 bits per heavy atom. The number of ether oxygens (including phenoxy) is 2. The van der Waals surface area contributed by atoms with Crippen LogP contribution in [0.1, 0.15) is 33.4 Å². The minimum Gasteiger partial charge on any atom is -0.493 e. The third-order valence-electron chi connectivity index (χ3n) is 4.92. The number of hydrazone groups is 1. The Morgan fingerprint density at radius 3 is 2.53 bits per heavy atom.